The number of nitriles is 1. The molecule has 0 rings (SSSR count). The van der Waals surface area contributed by atoms with Crippen molar-refractivity contribution in [2.45, 2.75) is 25.7 Å². The van der Waals surface area contributed by atoms with E-state index in [1.54, 1.807) is 6.07 Å². The number of esters is 1. The van der Waals surface area contributed by atoms with Crippen LogP contribution in [0.1, 0.15) is 25.7 Å². The Labute approximate surface area is 88.0 Å². The summed E-state index contributed by atoms with van der Waals surface area (Å²) in [6.07, 6.45) is 1.31. The second-order valence-electron chi connectivity index (χ2n) is 2.92. The van der Waals surface area contributed by atoms with Gasteiger partial charge in [-0.25, -0.2) is 4.79 Å². The van der Waals surface area contributed by atoms with Crippen molar-refractivity contribution in [3.8, 4) is 6.07 Å². The van der Waals surface area contributed by atoms with Gasteiger partial charge in [-0.1, -0.05) is 6.58 Å². The molecule has 15 heavy (non-hydrogen) atoms. The maximum Gasteiger partial charge on any atom is 0.330 e. The van der Waals surface area contributed by atoms with E-state index in [1.807, 2.05) is 0 Å². The fourth-order valence-corrected chi connectivity index (χ4v) is 0.849. The van der Waals surface area contributed by atoms with Crippen molar-refractivity contribution in [2.24, 2.45) is 0 Å². The van der Waals surface area contributed by atoms with Gasteiger partial charge in [0.25, 0.3) is 0 Å². The van der Waals surface area contributed by atoms with Crippen LogP contribution < -0.4 is 0 Å². The Morgan fingerprint density at radius 2 is 2.07 bits per heavy atom. The first-order chi connectivity index (χ1) is 7.07. The van der Waals surface area contributed by atoms with Crippen molar-refractivity contribution in [1.82, 2.24) is 0 Å². The number of carbonyl (C=O) groups is 2. The Balaban J connectivity index is 3.41. The monoisotopic (exact) mass is 211 g/mol. The summed E-state index contributed by atoms with van der Waals surface area (Å²) < 4.78 is 4.69. The van der Waals surface area contributed by atoms with Crippen LogP contribution in [0.25, 0.3) is 0 Å². The second-order valence-corrected chi connectivity index (χ2v) is 2.92. The van der Waals surface area contributed by atoms with E-state index in [2.05, 4.69) is 11.3 Å². The van der Waals surface area contributed by atoms with E-state index in [0.29, 0.717) is 19.3 Å². The normalized spacial score (nSPS) is 9.00. The van der Waals surface area contributed by atoms with Gasteiger partial charge in [0.2, 0.25) is 0 Å². The maximum atomic E-state index is 10.7. The molecular formula is C10H13NO4. The van der Waals surface area contributed by atoms with Gasteiger partial charge in [-0.15, -0.1) is 0 Å². The zero-order valence-electron chi connectivity index (χ0n) is 8.36. The van der Waals surface area contributed by atoms with Crippen LogP contribution >= 0.6 is 0 Å². The molecule has 0 fully saturated rings. The minimum Gasteiger partial charge on any atom is -0.478 e. The number of ether oxygens (including phenoxy) is 1. The lowest BCUT2D eigenvalue weighted by atomic mass is 10.1. The molecule has 82 valence electrons. The maximum absolute atomic E-state index is 10.7. The van der Waals surface area contributed by atoms with E-state index >= 15 is 0 Å². The average molecular weight is 211 g/mol. The fraction of sp³-hybridized carbons (Fsp3) is 0.500. The lowest BCUT2D eigenvalue weighted by Gasteiger charge is -2.02. The van der Waals surface area contributed by atoms with E-state index in [0.717, 1.165) is 0 Å². The van der Waals surface area contributed by atoms with Gasteiger partial charge < -0.3 is 9.84 Å². The summed E-state index contributed by atoms with van der Waals surface area (Å²) in [5.74, 6) is -1.55. The van der Waals surface area contributed by atoms with Crippen molar-refractivity contribution in [3.05, 3.63) is 12.2 Å². The molecule has 0 unspecified atom stereocenters. The van der Waals surface area contributed by atoms with Gasteiger partial charge in [0.1, 0.15) is 6.42 Å². The molecule has 0 aliphatic rings. The SMILES string of the molecule is C=C(CCCCOC(=O)CC#N)C(=O)O. The second kappa shape index (κ2) is 7.56. The highest BCUT2D eigenvalue weighted by molar-refractivity contribution is 5.85. The third kappa shape index (κ3) is 7.26. The first kappa shape index (κ1) is 13.2. The highest BCUT2D eigenvalue weighted by atomic mass is 16.5. The summed E-state index contributed by atoms with van der Waals surface area (Å²) in [6, 6.07) is 1.68. The summed E-state index contributed by atoms with van der Waals surface area (Å²) >= 11 is 0. The van der Waals surface area contributed by atoms with Gasteiger partial charge in [-0.05, 0) is 19.3 Å². The Hall–Kier alpha value is -1.83. The molecule has 0 aromatic rings. The number of hydrogen-bond donors (Lipinski definition) is 1. The lowest BCUT2D eigenvalue weighted by Crippen LogP contribution is -2.05. The summed E-state index contributed by atoms with van der Waals surface area (Å²) in [5.41, 5.74) is 0.151. The highest BCUT2D eigenvalue weighted by Crippen LogP contribution is 2.05. The van der Waals surface area contributed by atoms with Gasteiger partial charge in [0.15, 0.2) is 0 Å². The Bertz CT molecular complexity index is 290. The van der Waals surface area contributed by atoms with Crippen LogP contribution in [-0.2, 0) is 14.3 Å². The number of unbranched alkanes of at least 4 members (excludes halogenated alkanes) is 1. The smallest absolute Gasteiger partial charge is 0.330 e. The van der Waals surface area contributed by atoms with Crippen LogP contribution in [-0.4, -0.2) is 23.7 Å². The van der Waals surface area contributed by atoms with Gasteiger partial charge in [0, 0.05) is 5.57 Å². The predicted octanol–water partition coefficient (Wildman–Crippen LogP) is 1.25. The minimum atomic E-state index is -1.00. The van der Waals surface area contributed by atoms with E-state index in [1.165, 1.54) is 0 Å². The zero-order chi connectivity index (χ0) is 11.7. The average Bonchev–Trinajstić information content (AvgIpc) is 2.17. The van der Waals surface area contributed by atoms with Crippen molar-refractivity contribution < 1.29 is 19.4 Å². The predicted molar refractivity (Wildman–Crippen MR) is 51.8 cm³/mol. The molecule has 0 amide bonds. The first-order valence-electron chi connectivity index (χ1n) is 4.51. The van der Waals surface area contributed by atoms with Gasteiger partial charge in [0.05, 0.1) is 12.7 Å². The molecule has 5 nitrogen and oxygen atoms in total. The van der Waals surface area contributed by atoms with Gasteiger partial charge in [-0.3, -0.25) is 4.79 Å². The summed E-state index contributed by atoms with van der Waals surface area (Å²) in [4.78, 5) is 21.0. The summed E-state index contributed by atoms with van der Waals surface area (Å²) in [6.45, 7) is 3.58. The molecular weight excluding hydrogens is 198 g/mol. The number of nitrogens with zero attached hydrogens (tertiary/aromatic N) is 1. The molecule has 0 aromatic heterocycles. The summed E-state index contributed by atoms with van der Waals surface area (Å²) in [7, 11) is 0. The highest BCUT2D eigenvalue weighted by Gasteiger charge is 2.04. The lowest BCUT2D eigenvalue weighted by molar-refractivity contribution is -0.142. The number of carboxylic acid groups (broad SMARTS) is 1. The largest absolute Gasteiger partial charge is 0.478 e. The van der Waals surface area contributed by atoms with E-state index < -0.39 is 11.9 Å². The van der Waals surface area contributed by atoms with Crippen LogP contribution in [0.3, 0.4) is 0 Å². The number of carboxylic acids is 1. The van der Waals surface area contributed by atoms with Gasteiger partial charge in [-0.2, -0.15) is 5.26 Å². The molecule has 1 N–H and O–H groups in total. The zero-order valence-corrected chi connectivity index (χ0v) is 8.36. The Morgan fingerprint density at radius 3 is 2.60 bits per heavy atom. The molecule has 0 atom stereocenters. The van der Waals surface area contributed by atoms with E-state index in [-0.39, 0.29) is 18.6 Å². The molecule has 0 aliphatic carbocycles. The number of hydrogen-bond acceptors (Lipinski definition) is 4. The van der Waals surface area contributed by atoms with Crippen molar-refractivity contribution in [2.75, 3.05) is 6.61 Å². The van der Waals surface area contributed by atoms with Crippen LogP contribution in [0.2, 0.25) is 0 Å². The van der Waals surface area contributed by atoms with Crippen LogP contribution in [0.5, 0.6) is 0 Å². The fourth-order valence-electron chi connectivity index (χ4n) is 0.849. The Kier molecular flexibility index (Phi) is 6.64. The molecule has 5 heteroatoms. The molecule has 0 spiro atoms. The van der Waals surface area contributed by atoms with Crippen LogP contribution in [0, 0.1) is 11.3 Å². The standard InChI is InChI=1S/C10H13NO4/c1-8(10(13)14)4-2-3-7-15-9(12)5-6-11/h1-5,7H2,(H,13,14). The van der Waals surface area contributed by atoms with Crippen LogP contribution in [0.15, 0.2) is 12.2 Å². The molecule has 0 bridgehead atoms. The third-order valence-corrected chi connectivity index (χ3v) is 1.66. The van der Waals surface area contributed by atoms with Crippen molar-refractivity contribution in [3.63, 3.8) is 0 Å². The van der Waals surface area contributed by atoms with Crippen LogP contribution in [0.4, 0.5) is 0 Å². The molecule has 0 aromatic carbocycles. The van der Waals surface area contributed by atoms with Gasteiger partial charge >= 0.3 is 11.9 Å². The Morgan fingerprint density at radius 1 is 1.40 bits per heavy atom. The summed E-state index contributed by atoms with van der Waals surface area (Å²) in [5, 5.41) is 16.6. The topological polar surface area (TPSA) is 87.4 Å². The minimum absolute atomic E-state index is 0.151. The third-order valence-electron chi connectivity index (χ3n) is 1.66. The molecule has 0 saturated heterocycles. The molecule has 0 aliphatic heterocycles. The first-order valence-corrected chi connectivity index (χ1v) is 4.51. The molecule has 0 saturated carbocycles. The van der Waals surface area contributed by atoms with Crippen molar-refractivity contribution in [1.29, 1.82) is 5.26 Å². The van der Waals surface area contributed by atoms with Crippen molar-refractivity contribution >= 4 is 11.9 Å². The molecule has 0 heterocycles. The van der Waals surface area contributed by atoms with E-state index in [4.69, 9.17) is 10.4 Å². The molecule has 0 radical (unpaired) electrons. The quantitative estimate of drug-likeness (QED) is 0.389. The number of aliphatic carboxylic acids is 1. The number of carbonyl (C=O) groups excluding carboxylic acids is 1. The number of rotatable bonds is 7. The van der Waals surface area contributed by atoms with E-state index in [9.17, 15) is 9.59 Å².